The van der Waals surface area contributed by atoms with Crippen LogP contribution in [0.1, 0.15) is 11.3 Å². The summed E-state index contributed by atoms with van der Waals surface area (Å²) in [6, 6.07) is 8.86. The lowest BCUT2D eigenvalue weighted by atomic mass is 10.1. The molecule has 0 bridgehead atoms. The van der Waals surface area contributed by atoms with Crippen molar-refractivity contribution in [3.8, 4) is 17.2 Å². The number of ether oxygens (including phenoxy) is 3. The fourth-order valence-electron chi connectivity index (χ4n) is 4.04. The van der Waals surface area contributed by atoms with Gasteiger partial charge in [0.1, 0.15) is 12.4 Å². The summed E-state index contributed by atoms with van der Waals surface area (Å²) < 4.78 is 63.2. The van der Waals surface area contributed by atoms with E-state index in [9.17, 15) is 12.8 Å². The van der Waals surface area contributed by atoms with E-state index in [1.54, 1.807) is 12.4 Å². The number of aromatic nitrogens is 2. The quantitative estimate of drug-likeness (QED) is 0.565. The molecule has 1 saturated heterocycles. The molecule has 1 aromatic heterocycles. The lowest BCUT2D eigenvalue weighted by Gasteiger charge is -2.33. The molecule has 0 N–H and O–H groups in total. The third-order valence-electron chi connectivity index (χ3n) is 5.52. The molecule has 6 rings (SSSR count). The van der Waals surface area contributed by atoms with Crippen LogP contribution in [-0.4, -0.2) is 48.8 Å². The summed E-state index contributed by atoms with van der Waals surface area (Å²) in [5, 5.41) is 1.50. The standard InChI is InChI=1S/C22H18FN5O5S/c1-14-11-26(12-24-14)18-7-2-15(20-21(18)33-13-32-20)10-19-22-25-34(29,30)28(27(22)8-9-31-19)17-5-3-16(23)4-6-17/h2-7,10-12H,8-9,13H2,1H3/b19-10-. The average molecular weight is 483 g/mol. The second-order valence-corrected chi connectivity index (χ2v) is 9.18. The molecule has 2 aromatic carbocycles. The molecular formula is C22H18FN5O5S. The molecule has 3 aromatic rings. The van der Waals surface area contributed by atoms with E-state index in [-0.39, 0.29) is 37.2 Å². The number of amidine groups is 1. The van der Waals surface area contributed by atoms with Gasteiger partial charge in [0.2, 0.25) is 12.6 Å². The van der Waals surface area contributed by atoms with Crippen LogP contribution < -0.4 is 13.9 Å². The van der Waals surface area contributed by atoms with Crippen LogP contribution in [0.5, 0.6) is 11.5 Å². The highest BCUT2D eigenvalue weighted by molar-refractivity contribution is 7.92. The molecule has 12 heteroatoms. The summed E-state index contributed by atoms with van der Waals surface area (Å²) >= 11 is 0. The van der Waals surface area contributed by atoms with Crippen molar-refractivity contribution in [1.82, 2.24) is 14.6 Å². The number of rotatable bonds is 3. The van der Waals surface area contributed by atoms with Crippen molar-refractivity contribution in [3.63, 3.8) is 0 Å². The van der Waals surface area contributed by atoms with Gasteiger partial charge in [-0.2, -0.15) is 12.8 Å². The summed E-state index contributed by atoms with van der Waals surface area (Å²) in [5.74, 6) is 0.998. The molecule has 0 saturated carbocycles. The van der Waals surface area contributed by atoms with Crippen LogP contribution in [0, 0.1) is 12.7 Å². The van der Waals surface area contributed by atoms with Crippen LogP contribution in [-0.2, 0) is 14.9 Å². The molecule has 3 aliphatic heterocycles. The highest BCUT2D eigenvalue weighted by Crippen LogP contribution is 2.42. The lowest BCUT2D eigenvalue weighted by molar-refractivity contribution is 0.172. The van der Waals surface area contributed by atoms with Crippen LogP contribution in [0.15, 0.2) is 59.1 Å². The van der Waals surface area contributed by atoms with Crippen LogP contribution >= 0.6 is 0 Å². The second kappa shape index (κ2) is 7.48. The number of nitrogens with zero attached hydrogens (tertiary/aromatic N) is 5. The van der Waals surface area contributed by atoms with E-state index in [1.165, 1.54) is 29.3 Å². The molecule has 0 aliphatic carbocycles. The largest absolute Gasteiger partial charge is 0.488 e. The van der Waals surface area contributed by atoms with Crippen molar-refractivity contribution in [2.45, 2.75) is 6.92 Å². The number of anilines is 1. The molecule has 0 radical (unpaired) electrons. The van der Waals surface area contributed by atoms with E-state index in [0.717, 1.165) is 15.8 Å². The molecule has 3 aliphatic rings. The molecule has 10 nitrogen and oxygen atoms in total. The van der Waals surface area contributed by atoms with E-state index < -0.39 is 16.0 Å². The van der Waals surface area contributed by atoms with E-state index in [0.29, 0.717) is 17.1 Å². The van der Waals surface area contributed by atoms with Crippen molar-refractivity contribution < 1.29 is 27.0 Å². The Morgan fingerprint density at radius 3 is 2.62 bits per heavy atom. The Balaban J connectivity index is 1.39. The summed E-state index contributed by atoms with van der Waals surface area (Å²) in [7, 11) is -4.07. The van der Waals surface area contributed by atoms with E-state index in [2.05, 4.69) is 9.38 Å². The van der Waals surface area contributed by atoms with Gasteiger partial charge in [0.15, 0.2) is 17.3 Å². The van der Waals surface area contributed by atoms with Gasteiger partial charge in [-0.1, -0.05) is 0 Å². The first kappa shape index (κ1) is 20.5. The zero-order valence-corrected chi connectivity index (χ0v) is 18.7. The predicted molar refractivity (Wildman–Crippen MR) is 120 cm³/mol. The highest BCUT2D eigenvalue weighted by Gasteiger charge is 2.42. The maximum absolute atomic E-state index is 13.4. The van der Waals surface area contributed by atoms with Crippen LogP contribution in [0.4, 0.5) is 10.1 Å². The van der Waals surface area contributed by atoms with Gasteiger partial charge < -0.3 is 18.8 Å². The average Bonchev–Trinajstić information content (AvgIpc) is 3.52. The Hall–Kier alpha value is -4.06. The second-order valence-electron chi connectivity index (χ2n) is 7.75. The Bertz CT molecular complexity index is 1470. The minimum Gasteiger partial charge on any atom is -0.488 e. The topological polar surface area (TPSA) is 98.5 Å². The van der Waals surface area contributed by atoms with Crippen LogP contribution in [0.25, 0.3) is 11.8 Å². The van der Waals surface area contributed by atoms with Crippen molar-refractivity contribution in [1.29, 1.82) is 0 Å². The van der Waals surface area contributed by atoms with E-state index in [1.807, 2.05) is 29.8 Å². The summed E-state index contributed by atoms with van der Waals surface area (Å²) in [6.07, 6.45) is 5.24. The van der Waals surface area contributed by atoms with Crippen molar-refractivity contribution >= 4 is 27.8 Å². The predicted octanol–water partition coefficient (Wildman–Crippen LogP) is 2.80. The third kappa shape index (κ3) is 3.25. The number of aryl methyl sites for hydroxylation is 1. The van der Waals surface area contributed by atoms with Gasteiger partial charge in [0.05, 0.1) is 29.9 Å². The minimum absolute atomic E-state index is 0.0524. The van der Waals surface area contributed by atoms with Crippen molar-refractivity contribution in [3.05, 3.63) is 71.8 Å². The maximum atomic E-state index is 13.4. The molecule has 174 valence electrons. The molecule has 0 amide bonds. The Labute approximate surface area is 194 Å². The first-order valence-corrected chi connectivity index (χ1v) is 11.8. The number of hydrogen-bond donors (Lipinski definition) is 0. The first-order chi connectivity index (χ1) is 16.4. The zero-order valence-electron chi connectivity index (χ0n) is 17.9. The van der Waals surface area contributed by atoms with E-state index in [4.69, 9.17) is 14.2 Å². The molecule has 1 fully saturated rings. The van der Waals surface area contributed by atoms with Gasteiger partial charge in [-0.05, 0) is 49.4 Å². The van der Waals surface area contributed by atoms with E-state index >= 15 is 0 Å². The van der Waals surface area contributed by atoms with Crippen molar-refractivity contribution in [2.24, 2.45) is 4.40 Å². The Kier molecular flexibility index (Phi) is 4.52. The van der Waals surface area contributed by atoms with Crippen LogP contribution in [0.3, 0.4) is 0 Å². The molecule has 0 unspecified atom stereocenters. The molecule has 0 atom stereocenters. The molecule has 4 heterocycles. The SMILES string of the molecule is Cc1cn(-c2ccc(/C=C3\OCCN4C3=NS(=O)(=O)N4c3ccc(F)cc3)c3c2OCO3)cn1. The molecule has 0 spiro atoms. The highest BCUT2D eigenvalue weighted by atomic mass is 32.2. The number of morpholine rings is 1. The number of fused-ring (bicyclic) bond motifs is 2. The number of benzene rings is 2. The number of hydrogen-bond acceptors (Lipinski definition) is 7. The van der Waals surface area contributed by atoms with Crippen molar-refractivity contribution in [2.75, 3.05) is 24.4 Å². The monoisotopic (exact) mass is 483 g/mol. The number of imidazole rings is 1. The third-order valence-corrected chi connectivity index (χ3v) is 6.77. The maximum Gasteiger partial charge on any atom is 0.364 e. The van der Waals surface area contributed by atoms with Gasteiger partial charge in [-0.15, -0.1) is 4.40 Å². The number of hydrazine groups is 1. The minimum atomic E-state index is -4.07. The Morgan fingerprint density at radius 2 is 1.85 bits per heavy atom. The van der Waals surface area contributed by atoms with Crippen LogP contribution in [0.2, 0.25) is 0 Å². The van der Waals surface area contributed by atoms with Gasteiger partial charge in [-0.25, -0.2) is 14.4 Å². The molecule has 34 heavy (non-hydrogen) atoms. The normalized spacial score (nSPS) is 19.2. The lowest BCUT2D eigenvalue weighted by Crippen LogP contribution is -2.48. The van der Waals surface area contributed by atoms with Gasteiger partial charge in [0.25, 0.3) is 0 Å². The molecular weight excluding hydrogens is 465 g/mol. The van der Waals surface area contributed by atoms with Gasteiger partial charge in [-0.3, -0.25) is 0 Å². The van der Waals surface area contributed by atoms with Gasteiger partial charge in [0, 0.05) is 11.8 Å². The van der Waals surface area contributed by atoms with Gasteiger partial charge >= 0.3 is 10.2 Å². The summed E-state index contributed by atoms with van der Waals surface area (Å²) in [5.41, 5.74) is 2.55. The number of halogens is 1. The summed E-state index contributed by atoms with van der Waals surface area (Å²) in [6.45, 7) is 2.43. The summed E-state index contributed by atoms with van der Waals surface area (Å²) in [4.78, 5) is 4.25. The smallest absolute Gasteiger partial charge is 0.364 e. The first-order valence-electron chi connectivity index (χ1n) is 10.4. The fourth-order valence-corrected chi connectivity index (χ4v) is 5.32. The zero-order chi connectivity index (χ0) is 23.4. The fraction of sp³-hybridized carbons (Fsp3) is 0.182. The Morgan fingerprint density at radius 1 is 1.06 bits per heavy atom.